The highest BCUT2D eigenvalue weighted by atomic mass is 16.4. The van der Waals surface area contributed by atoms with Crippen LogP contribution in [0.1, 0.15) is 51.4 Å². The van der Waals surface area contributed by atoms with E-state index in [0.29, 0.717) is 18.4 Å². The highest BCUT2D eigenvalue weighted by Gasteiger charge is 2.46. The van der Waals surface area contributed by atoms with Crippen LogP contribution in [0.5, 0.6) is 0 Å². The van der Waals surface area contributed by atoms with E-state index in [1.165, 1.54) is 6.42 Å². The topological polar surface area (TPSA) is 60.9 Å². The fourth-order valence-electron chi connectivity index (χ4n) is 3.95. The Morgan fingerprint density at radius 1 is 1.05 bits per heavy atom. The molecule has 2 saturated carbocycles. The van der Waals surface area contributed by atoms with Crippen LogP contribution in [0.2, 0.25) is 0 Å². The van der Waals surface area contributed by atoms with E-state index in [-0.39, 0.29) is 12.1 Å². The van der Waals surface area contributed by atoms with Gasteiger partial charge in [0, 0.05) is 19.1 Å². The van der Waals surface area contributed by atoms with Gasteiger partial charge in [-0.15, -0.1) is 0 Å². The minimum atomic E-state index is -0.841. The van der Waals surface area contributed by atoms with Crippen molar-refractivity contribution in [2.75, 3.05) is 7.05 Å². The lowest BCUT2D eigenvalue weighted by Crippen LogP contribution is -2.60. The molecule has 1 saturated heterocycles. The third-order valence-electron chi connectivity index (χ3n) is 5.28. The van der Waals surface area contributed by atoms with Gasteiger partial charge in [-0.1, -0.05) is 12.8 Å². The minimum Gasteiger partial charge on any atom is -0.480 e. The predicted octanol–water partition coefficient (Wildman–Crippen LogP) is 2.31. The first-order valence-electron chi connectivity index (χ1n) is 7.87. The molecule has 1 N–H and O–H groups in total. The lowest BCUT2D eigenvalue weighted by atomic mass is 9.76. The van der Waals surface area contributed by atoms with Crippen molar-refractivity contribution in [2.24, 2.45) is 5.92 Å². The number of fused-ring (bicyclic) bond motifs is 1. The lowest BCUT2D eigenvalue weighted by molar-refractivity contribution is -0.146. The zero-order chi connectivity index (χ0) is 14.3. The first-order valence-corrected chi connectivity index (χ1v) is 7.87. The molecule has 1 aliphatic heterocycles. The van der Waals surface area contributed by atoms with E-state index in [0.717, 1.165) is 38.5 Å². The second-order valence-electron chi connectivity index (χ2n) is 6.58. The van der Waals surface area contributed by atoms with Crippen molar-refractivity contribution in [3.05, 3.63) is 0 Å². The fourth-order valence-corrected chi connectivity index (χ4v) is 3.95. The molecule has 3 fully saturated rings. The van der Waals surface area contributed by atoms with Crippen LogP contribution < -0.4 is 0 Å². The third-order valence-corrected chi connectivity index (χ3v) is 5.28. The largest absolute Gasteiger partial charge is 0.480 e. The van der Waals surface area contributed by atoms with Crippen molar-refractivity contribution in [3.63, 3.8) is 0 Å². The van der Waals surface area contributed by atoms with Gasteiger partial charge in [0.2, 0.25) is 0 Å². The van der Waals surface area contributed by atoms with E-state index >= 15 is 0 Å². The van der Waals surface area contributed by atoms with Crippen LogP contribution >= 0.6 is 0 Å². The molecule has 0 radical (unpaired) electrons. The van der Waals surface area contributed by atoms with Crippen LogP contribution in [0.15, 0.2) is 0 Å². The Hall–Kier alpha value is -1.26. The Morgan fingerprint density at radius 2 is 1.75 bits per heavy atom. The predicted molar refractivity (Wildman–Crippen MR) is 74.4 cm³/mol. The number of carboxylic acid groups (broad SMARTS) is 1. The van der Waals surface area contributed by atoms with Crippen molar-refractivity contribution in [3.8, 4) is 0 Å². The van der Waals surface area contributed by atoms with Crippen molar-refractivity contribution < 1.29 is 14.7 Å². The molecule has 2 amide bonds. The van der Waals surface area contributed by atoms with Crippen LogP contribution in [-0.4, -0.2) is 52.1 Å². The van der Waals surface area contributed by atoms with Gasteiger partial charge in [-0.2, -0.15) is 0 Å². The molecule has 3 atom stereocenters. The van der Waals surface area contributed by atoms with Crippen molar-refractivity contribution >= 4 is 12.0 Å². The molecular formula is C15H24N2O3. The SMILES string of the molecule is CN(C(=O)N1C(C(=O)O)CCC2CCCCC21)C1CC1. The molecule has 0 spiro atoms. The highest BCUT2D eigenvalue weighted by molar-refractivity contribution is 5.83. The first-order chi connectivity index (χ1) is 9.59. The number of rotatable bonds is 2. The molecule has 5 heteroatoms. The summed E-state index contributed by atoms with van der Waals surface area (Å²) in [6.07, 6.45) is 8.14. The van der Waals surface area contributed by atoms with Gasteiger partial charge in [-0.3, -0.25) is 0 Å². The van der Waals surface area contributed by atoms with Crippen molar-refractivity contribution in [1.82, 2.24) is 9.80 Å². The molecule has 0 aromatic heterocycles. The molecule has 1 heterocycles. The number of hydrogen-bond acceptors (Lipinski definition) is 2. The van der Waals surface area contributed by atoms with Gasteiger partial charge < -0.3 is 14.9 Å². The number of carbonyl (C=O) groups excluding carboxylic acids is 1. The maximum Gasteiger partial charge on any atom is 0.326 e. The smallest absolute Gasteiger partial charge is 0.326 e. The first kappa shape index (κ1) is 13.7. The van der Waals surface area contributed by atoms with Crippen LogP contribution in [0.3, 0.4) is 0 Å². The van der Waals surface area contributed by atoms with E-state index in [1.54, 1.807) is 9.80 Å². The quantitative estimate of drug-likeness (QED) is 0.844. The van der Waals surface area contributed by atoms with E-state index < -0.39 is 12.0 Å². The third kappa shape index (κ3) is 2.38. The zero-order valence-corrected chi connectivity index (χ0v) is 12.1. The number of carbonyl (C=O) groups is 2. The highest BCUT2D eigenvalue weighted by Crippen LogP contribution is 2.39. The van der Waals surface area contributed by atoms with Gasteiger partial charge >= 0.3 is 12.0 Å². The summed E-state index contributed by atoms with van der Waals surface area (Å²) in [5.41, 5.74) is 0. The summed E-state index contributed by atoms with van der Waals surface area (Å²) in [7, 11) is 1.82. The molecular weight excluding hydrogens is 256 g/mol. The zero-order valence-electron chi connectivity index (χ0n) is 12.1. The maximum atomic E-state index is 12.7. The van der Waals surface area contributed by atoms with Gasteiger partial charge in [0.05, 0.1) is 0 Å². The normalized spacial score (nSPS) is 33.5. The average Bonchev–Trinajstić information content (AvgIpc) is 3.29. The molecule has 3 unspecified atom stereocenters. The number of urea groups is 1. The summed E-state index contributed by atoms with van der Waals surface area (Å²) in [6, 6.07) is -0.201. The van der Waals surface area contributed by atoms with Gasteiger partial charge in [0.15, 0.2) is 0 Å². The van der Waals surface area contributed by atoms with Crippen LogP contribution in [0.25, 0.3) is 0 Å². The summed E-state index contributed by atoms with van der Waals surface area (Å²) in [6.45, 7) is 0. The standard InChI is InChI=1S/C15H24N2O3/c1-16(11-7-8-11)15(20)17-12-5-3-2-4-10(12)6-9-13(17)14(18)19/h10-13H,2-9H2,1H3,(H,18,19). The molecule has 112 valence electrons. The molecule has 3 rings (SSSR count). The number of amides is 2. The molecule has 0 bridgehead atoms. The van der Waals surface area contributed by atoms with Crippen LogP contribution in [0.4, 0.5) is 4.79 Å². The van der Waals surface area contributed by atoms with Gasteiger partial charge in [0.25, 0.3) is 0 Å². The molecule has 0 aromatic carbocycles. The summed E-state index contributed by atoms with van der Waals surface area (Å²) >= 11 is 0. The van der Waals surface area contributed by atoms with Gasteiger partial charge in [-0.25, -0.2) is 9.59 Å². The Bertz CT molecular complexity index is 408. The molecule has 5 nitrogen and oxygen atoms in total. The Labute approximate surface area is 119 Å². The minimum absolute atomic E-state index is 0.0588. The number of piperidine rings is 1. The monoisotopic (exact) mass is 280 g/mol. The molecule has 0 aromatic rings. The Kier molecular flexibility index (Phi) is 3.61. The molecule has 20 heavy (non-hydrogen) atoms. The number of hydrogen-bond donors (Lipinski definition) is 1. The molecule has 2 aliphatic carbocycles. The summed E-state index contributed by atoms with van der Waals surface area (Å²) in [5, 5.41) is 9.47. The maximum absolute atomic E-state index is 12.7. The number of carboxylic acids is 1. The summed E-state index contributed by atoms with van der Waals surface area (Å²) in [5.74, 6) is -0.331. The van der Waals surface area contributed by atoms with Crippen LogP contribution in [0, 0.1) is 5.92 Å². The lowest BCUT2D eigenvalue weighted by Gasteiger charge is -2.48. The van der Waals surface area contributed by atoms with E-state index in [2.05, 4.69) is 0 Å². The second kappa shape index (κ2) is 5.26. The molecule has 3 aliphatic rings. The van der Waals surface area contributed by atoms with Gasteiger partial charge in [-0.05, 0) is 44.4 Å². The Morgan fingerprint density at radius 3 is 2.40 bits per heavy atom. The van der Waals surface area contributed by atoms with E-state index in [4.69, 9.17) is 0 Å². The summed E-state index contributed by atoms with van der Waals surface area (Å²) < 4.78 is 0. The average molecular weight is 280 g/mol. The second-order valence-corrected chi connectivity index (χ2v) is 6.58. The summed E-state index contributed by atoms with van der Waals surface area (Å²) in [4.78, 5) is 27.8. The van der Waals surface area contributed by atoms with Crippen molar-refractivity contribution in [2.45, 2.75) is 69.5 Å². The number of likely N-dealkylation sites (tertiary alicyclic amines) is 1. The Balaban J connectivity index is 1.82. The number of aliphatic carboxylic acids is 1. The van der Waals surface area contributed by atoms with Crippen molar-refractivity contribution in [1.29, 1.82) is 0 Å². The fraction of sp³-hybridized carbons (Fsp3) is 0.867. The van der Waals surface area contributed by atoms with E-state index in [1.807, 2.05) is 7.05 Å². The number of nitrogens with zero attached hydrogens (tertiary/aromatic N) is 2. The van der Waals surface area contributed by atoms with E-state index in [9.17, 15) is 14.7 Å². The van der Waals surface area contributed by atoms with Crippen LogP contribution in [-0.2, 0) is 4.79 Å². The van der Waals surface area contributed by atoms with Gasteiger partial charge in [0.1, 0.15) is 6.04 Å².